The van der Waals surface area contributed by atoms with Gasteiger partial charge < -0.3 is 14.1 Å². The highest BCUT2D eigenvalue weighted by molar-refractivity contribution is 14.1. The molecule has 0 unspecified atom stereocenters. The van der Waals surface area contributed by atoms with Crippen LogP contribution in [0.4, 0.5) is 0 Å². The van der Waals surface area contributed by atoms with Crippen molar-refractivity contribution in [1.82, 2.24) is 9.47 Å². The van der Waals surface area contributed by atoms with Crippen LogP contribution in [0.2, 0.25) is 0 Å². The van der Waals surface area contributed by atoms with Crippen LogP contribution in [0.1, 0.15) is 38.1 Å². The van der Waals surface area contributed by atoms with E-state index in [-0.39, 0.29) is 11.5 Å². The first-order chi connectivity index (χ1) is 17.9. The van der Waals surface area contributed by atoms with Crippen molar-refractivity contribution in [2.24, 2.45) is 4.99 Å². The number of rotatable bonds is 6. The van der Waals surface area contributed by atoms with Crippen molar-refractivity contribution >= 4 is 56.7 Å². The number of thiazole rings is 1. The number of likely N-dealkylation sites (N-methyl/N-ethyl adjacent to an activating group) is 1. The number of fused-ring (bicyclic) bond motifs is 2. The Morgan fingerprint density at radius 1 is 1.19 bits per heavy atom. The van der Waals surface area contributed by atoms with E-state index in [1.807, 2.05) is 69.3 Å². The SMILES string of the molecule is CCN(CC)C(=O)C1=C(C)N=c2s/c(=C/c3ccc(I)o3)c(=O)n2[C@@H]1c1c(OC)ccc2ccccc12. The number of carbonyl (C=O) groups is 1. The molecule has 1 amide bonds. The molecule has 1 aliphatic heterocycles. The van der Waals surface area contributed by atoms with Gasteiger partial charge in [0.2, 0.25) is 0 Å². The number of allylic oxidation sites excluding steroid dienone is 1. The molecular formula is C28H26IN3O4S. The van der Waals surface area contributed by atoms with Crippen molar-refractivity contribution in [1.29, 1.82) is 0 Å². The van der Waals surface area contributed by atoms with Gasteiger partial charge in [-0.1, -0.05) is 41.7 Å². The lowest BCUT2D eigenvalue weighted by atomic mass is 9.90. The van der Waals surface area contributed by atoms with Crippen LogP contribution in [0.25, 0.3) is 16.8 Å². The lowest BCUT2D eigenvalue weighted by Crippen LogP contribution is -2.43. The summed E-state index contributed by atoms with van der Waals surface area (Å²) in [6.07, 6.45) is 1.73. The summed E-state index contributed by atoms with van der Waals surface area (Å²) >= 11 is 3.38. The molecule has 2 aromatic carbocycles. The zero-order valence-corrected chi connectivity index (χ0v) is 23.9. The van der Waals surface area contributed by atoms with E-state index in [1.54, 1.807) is 22.7 Å². The summed E-state index contributed by atoms with van der Waals surface area (Å²) in [7, 11) is 1.61. The Bertz CT molecular complexity index is 1730. The van der Waals surface area contributed by atoms with Crippen LogP contribution in [0.3, 0.4) is 0 Å². The number of benzene rings is 2. The number of carbonyl (C=O) groups excluding carboxylic acids is 1. The second kappa shape index (κ2) is 10.3. The minimum absolute atomic E-state index is 0.138. The molecule has 4 aromatic rings. The van der Waals surface area contributed by atoms with Gasteiger partial charge in [-0.3, -0.25) is 14.2 Å². The summed E-state index contributed by atoms with van der Waals surface area (Å²) in [5.41, 5.74) is 1.61. The highest BCUT2D eigenvalue weighted by atomic mass is 127. The number of amides is 1. The van der Waals surface area contributed by atoms with Crippen LogP contribution < -0.4 is 19.6 Å². The molecule has 0 bridgehead atoms. The molecule has 190 valence electrons. The van der Waals surface area contributed by atoms with E-state index in [9.17, 15) is 9.59 Å². The third kappa shape index (κ3) is 4.44. The van der Waals surface area contributed by atoms with E-state index in [4.69, 9.17) is 14.1 Å². The number of hydrogen-bond acceptors (Lipinski definition) is 6. The van der Waals surface area contributed by atoms with Gasteiger partial charge in [0, 0.05) is 24.7 Å². The van der Waals surface area contributed by atoms with Crippen LogP contribution in [-0.2, 0) is 4.79 Å². The molecule has 9 heteroatoms. The molecule has 7 nitrogen and oxygen atoms in total. The maximum absolute atomic E-state index is 14.0. The number of furan rings is 1. The van der Waals surface area contributed by atoms with Gasteiger partial charge in [0.15, 0.2) is 8.57 Å². The monoisotopic (exact) mass is 627 g/mol. The summed E-state index contributed by atoms with van der Waals surface area (Å²) < 4.78 is 14.4. The Kier molecular flexibility index (Phi) is 7.09. The van der Waals surface area contributed by atoms with Crippen LogP contribution in [-0.4, -0.2) is 35.6 Å². The molecule has 0 saturated heterocycles. The first-order valence-electron chi connectivity index (χ1n) is 12.0. The second-order valence-electron chi connectivity index (χ2n) is 8.60. The van der Waals surface area contributed by atoms with Crippen LogP contribution >= 0.6 is 33.9 Å². The molecule has 0 N–H and O–H groups in total. The number of methoxy groups -OCH3 is 1. The number of aromatic nitrogens is 1. The van der Waals surface area contributed by atoms with E-state index < -0.39 is 6.04 Å². The van der Waals surface area contributed by atoms with E-state index in [0.29, 0.717) is 45.2 Å². The minimum atomic E-state index is -0.704. The molecule has 3 heterocycles. The van der Waals surface area contributed by atoms with Crippen molar-refractivity contribution < 1.29 is 13.9 Å². The summed E-state index contributed by atoms with van der Waals surface area (Å²) in [5.74, 6) is 1.06. The molecule has 37 heavy (non-hydrogen) atoms. The Morgan fingerprint density at radius 3 is 2.62 bits per heavy atom. The van der Waals surface area contributed by atoms with Crippen molar-refractivity contribution in [3.63, 3.8) is 0 Å². The maximum atomic E-state index is 14.0. The number of halogens is 1. The van der Waals surface area contributed by atoms with E-state index in [2.05, 4.69) is 22.6 Å². The minimum Gasteiger partial charge on any atom is -0.496 e. The van der Waals surface area contributed by atoms with Gasteiger partial charge in [0.25, 0.3) is 11.5 Å². The molecule has 0 saturated carbocycles. The first kappa shape index (κ1) is 25.5. The van der Waals surface area contributed by atoms with Gasteiger partial charge in [0.1, 0.15) is 17.6 Å². The Hall–Kier alpha value is -3.18. The quantitative estimate of drug-likeness (QED) is 0.296. The van der Waals surface area contributed by atoms with Gasteiger partial charge in [-0.2, -0.15) is 0 Å². The Labute approximate surface area is 231 Å². The Balaban J connectivity index is 1.86. The average molecular weight is 628 g/mol. The zero-order chi connectivity index (χ0) is 26.3. The molecule has 0 aliphatic carbocycles. The molecule has 0 radical (unpaired) electrons. The fourth-order valence-electron chi connectivity index (χ4n) is 4.82. The smallest absolute Gasteiger partial charge is 0.271 e. The Morgan fingerprint density at radius 2 is 1.95 bits per heavy atom. The van der Waals surface area contributed by atoms with Gasteiger partial charge in [-0.25, -0.2) is 4.99 Å². The van der Waals surface area contributed by atoms with Crippen molar-refractivity contribution in [2.75, 3.05) is 20.2 Å². The molecule has 0 fully saturated rings. The molecule has 0 spiro atoms. The average Bonchev–Trinajstić information content (AvgIpc) is 3.45. The largest absolute Gasteiger partial charge is 0.496 e. The van der Waals surface area contributed by atoms with Crippen LogP contribution in [0.5, 0.6) is 5.75 Å². The fraction of sp³-hybridized carbons (Fsp3) is 0.250. The number of nitrogens with zero attached hydrogens (tertiary/aromatic N) is 3. The summed E-state index contributed by atoms with van der Waals surface area (Å²) in [5, 5.41) is 1.91. The molecular weight excluding hydrogens is 601 g/mol. The number of hydrogen-bond donors (Lipinski definition) is 0. The van der Waals surface area contributed by atoms with E-state index in [1.165, 1.54) is 11.3 Å². The summed E-state index contributed by atoms with van der Waals surface area (Å²) in [4.78, 5) is 35.0. The maximum Gasteiger partial charge on any atom is 0.271 e. The van der Waals surface area contributed by atoms with Gasteiger partial charge in [0.05, 0.1) is 22.9 Å². The number of ether oxygens (including phenoxy) is 1. The normalized spacial score (nSPS) is 15.6. The molecule has 1 aliphatic rings. The van der Waals surface area contributed by atoms with Crippen LogP contribution in [0.15, 0.2) is 74.0 Å². The summed E-state index contributed by atoms with van der Waals surface area (Å²) in [6.45, 7) is 6.84. The lowest BCUT2D eigenvalue weighted by molar-refractivity contribution is -0.127. The predicted molar refractivity (Wildman–Crippen MR) is 154 cm³/mol. The highest BCUT2D eigenvalue weighted by Crippen LogP contribution is 2.40. The van der Waals surface area contributed by atoms with Gasteiger partial charge in [-0.15, -0.1) is 0 Å². The molecule has 1 atom stereocenters. The first-order valence-corrected chi connectivity index (χ1v) is 13.9. The van der Waals surface area contributed by atoms with Gasteiger partial charge in [-0.05, 0) is 72.3 Å². The topological polar surface area (TPSA) is 77.0 Å². The zero-order valence-electron chi connectivity index (χ0n) is 20.9. The second-order valence-corrected chi connectivity index (χ2v) is 10.7. The lowest BCUT2D eigenvalue weighted by Gasteiger charge is -2.30. The fourth-order valence-corrected chi connectivity index (χ4v) is 6.28. The molecule has 2 aromatic heterocycles. The van der Waals surface area contributed by atoms with Gasteiger partial charge >= 0.3 is 0 Å². The van der Waals surface area contributed by atoms with Crippen LogP contribution in [0, 0.1) is 3.77 Å². The highest BCUT2D eigenvalue weighted by Gasteiger charge is 2.36. The molecule has 5 rings (SSSR count). The third-order valence-corrected chi connectivity index (χ3v) is 8.16. The van der Waals surface area contributed by atoms with Crippen molar-refractivity contribution in [3.8, 4) is 5.75 Å². The van der Waals surface area contributed by atoms with Crippen molar-refractivity contribution in [2.45, 2.75) is 26.8 Å². The van der Waals surface area contributed by atoms with E-state index in [0.717, 1.165) is 20.1 Å². The standard InChI is InChI=1S/C28H26IN3O4S/c1-5-31(6-2)27(34)23-16(3)30-28-32(26(33)21(37-28)15-18-12-14-22(29)36-18)25(23)24-19-10-8-7-9-17(19)11-13-20(24)35-4/h7-15,25H,5-6H2,1-4H3/b21-15+/t25-/m0/s1. The summed E-state index contributed by atoms with van der Waals surface area (Å²) in [6, 6.07) is 14.8. The third-order valence-electron chi connectivity index (χ3n) is 6.59. The van der Waals surface area contributed by atoms with E-state index >= 15 is 0 Å². The predicted octanol–water partition coefficient (Wildman–Crippen LogP) is 4.46. The van der Waals surface area contributed by atoms with Crippen molar-refractivity contribution in [3.05, 3.63) is 94.6 Å².